The molecule has 1 aliphatic rings. The highest BCUT2D eigenvalue weighted by molar-refractivity contribution is 6.15. The molecule has 124 heavy (non-hydrogen) atoms. The Labute approximate surface area is 748 Å². The lowest BCUT2D eigenvalue weighted by Crippen LogP contribution is -2.20. The van der Waals surface area contributed by atoms with Crippen LogP contribution in [-0.4, -0.2) is 48.6 Å². The van der Waals surface area contributed by atoms with Gasteiger partial charge in [-0.05, 0) is 283 Å². The van der Waals surface area contributed by atoms with Crippen LogP contribution in [0.3, 0.4) is 0 Å². The Bertz CT molecular complexity index is 4340. The molecule has 0 aliphatic carbocycles. The van der Waals surface area contributed by atoms with E-state index in [0.717, 1.165) is 57.8 Å². The van der Waals surface area contributed by atoms with Gasteiger partial charge < -0.3 is 42.0 Å². The summed E-state index contributed by atoms with van der Waals surface area (Å²) in [6, 6.07) is 56.1. The number of anilines is 5. The Morgan fingerprint density at radius 2 is 0.573 bits per heavy atom. The van der Waals surface area contributed by atoms with Gasteiger partial charge in [0.05, 0.1) is 22.4 Å². The number of hydrogen-bond donors (Lipinski definition) is 6. The van der Waals surface area contributed by atoms with Crippen molar-refractivity contribution >= 4 is 70.6 Å². The van der Waals surface area contributed by atoms with E-state index in [1.54, 1.807) is 6.08 Å². The normalized spacial score (nSPS) is 11.9. The summed E-state index contributed by atoms with van der Waals surface area (Å²) in [4.78, 5) is 73.3. The van der Waals surface area contributed by atoms with Crippen LogP contribution in [0.25, 0.3) is 0 Å². The number of urea groups is 1. The first kappa shape index (κ1) is 108. The van der Waals surface area contributed by atoms with Crippen molar-refractivity contribution < 1.29 is 43.3 Å². The summed E-state index contributed by atoms with van der Waals surface area (Å²) in [6.45, 7) is 71.3. The molecule has 0 atom stereocenters. The molecule has 0 saturated heterocycles. The third-order valence-electron chi connectivity index (χ3n) is 23.3. The molecule has 8 aromatic rings. The van der Waals surface area contributed by atoms with Gasteiger partial charge in [-0.2, -0.15) is 4.99 Å². The largest absolute Gasteiger partial charge is 0.428 e. The van der Waals surface area contributed by atoms with Gasteiger partial charge in [-0.15, -0.1) is 0 Å². The minimum atomic E-state index is -0.526. The average molecular weight is 1700 g/mol. The Morgan fingerprint density at radius 1 is 0.347 bits per heavy atom. The van der Waals surface area contributed by atoms with E-state index >= 15 is 0 Å². The average Bonchev–Trinajstić information content (AvgIpc) is 1.59. The third kappa shape index (κ3) is 33.2. The van der Waals surface area contributed by atoms with Crippen molar-refractivity contribution in [2.45, 2.75) is 281 Å². The summed E-state index contributed by atoms with van der Waals surface area (Å²) in [5, 5.41) is 15.8. The molecule has 15 nitrogen and oxygen atoms in total. The van der Waals surface area contributed by atoms with Crippen molar-refractivity contribution in [3.05, 3.63) is 242 Å². The molecule has 0 radical (unpaired) electrons. The number of benzene rings is 8. The molecule has 0 unspecified atom stereocenters. The Hall–Kier alpha value is -9.95. The van der Waals surface area contributed by atoms with Gasteiger partial charge in [-0.25, -0.2) is 19.2 Å². The quantitative estimate of drug-likeness (QED) is 0.00643. The van der Waals surface area contributed by atoms with Crippen LogP contribution in [0.4, 0.5) is 38.9 Å². The number of esters is 2. The van der Waals surface area contributed by atoms with Crippen LogP contribution in [0.1, 0.15) is 367 Å². The van der Waals surface area contributed by atoms with Crippen molar-refractivity contribution in [1.29, 1.82) is 0 Å². The lowest BCUT2D eigenvalue weighted by atomic mass is 9.80. The number of aliphatic imine (C=N–C) groups is 1. The van der Waals surface area contributed by atoms with Crippen LogP contribution in [-0.2, 0) is 14.3 Å². The van der Waals surface area contributed by atoms with E-state index in [1.165, 1.54) is 33.4 Å². The zero-order valence-corrected chi connectivity index (χ0v) is 81.8. The van der Waals surface area contributed by atoms with Crippen LogP contribution < -0.4 is 32.2 Å². The number of rotatable bonds is 29. The molecule has 0 aromatic heterocycles. The Balaban J connectivity index is 0.000000395. The van der Waals surface area contributed by atoms with E-state index in [2.05, 4.69) is 320 Å². The molecule has 1 aliphatic heterocycles. The number of aliphatic hydroxyl groups excluding tert-OH is 1. The van der Waals surface area contributed by atoms with Gasteiger partial charge in [0, 0.05) is 35.5 Å². The topological polar surface area (TPSA) is 242 Å². The number of nitrogens with two attached hydrogens (primary N) is 2. The highest BCUT2D eigenvalue weighted by Gasteiger charge is 2.33. The van der Waals surface area contributed by atoms with Crippen LogP contribution >= 0.6 is 0 Å². The van der Waals surface area contributed by atoms with Gasteiger partial charge >= 0.3 is 18.0 Å². The molecule has 0 fully saturated rings. The van der Waals surface area contributed by atoms with E-state index in [9.17, 15) is 28.8 Å². The van der Waals surface area contributed by atoms with Crippen LogP contribution in [0.5, 0.6) is 5.75 Å². The number of nitrogens with zero attached hydrogens (tertiary/aromatic N) is 1. The third-order valence-corrected chi connectivity index (χ3v) is 23.3. The van der Waals surface area contributed by atoms with Crippen molar-refractivity contribution in [2.24, 2.45) is 76.0 Å². The number of fused-ring (bicyclic) bond motifs is 1. The van der Waals surface area contributed by atoms with Crippen molar-refractivity contribution in [1.82, 2.24) is 0 Å². The fraction of sp³-hybridized carbons (Fsp3) is 0.505. The van der Waals surface area contributed by atoms with Gasteiger partial charge in [-0.3, -0.25) is 9.59 Å². The molecule has 678 valence electrons. The van der Waals surface area contributed by atoms with Gasteiger partial charge in [0.1, 0.15) is 5.75 Å². The summed E-state index contributed by atoms with van der Waals surface area (Å²) in [7, 11) is 1.00. The van der Waals surface area contributed by atoms with Gasteiger partial charge in [-0.1, -0.05) is 294 Å². The number of cyclic esters (lactones) is 2. The smallest absolute Gasteiger partial charge is 0.346 e. The predicted octanol–water partition coefficient (Wildman–Crippen LogP) is 29.5. The lowest BCUT2D eigenvalue weighted by molar-refractivity contribution is -0.120. The molecule has 15 heteroatoms. The fourth-order valence-electron chi connectivity index (χ4n) is 18.5. The summed E-state index contributed by atoms with van der Waals surface area (Å²) in [6.07, 6.45) is 1.55. The van der Waals surface area contributed by atoms with E-state index in [4.69, 9.17) is 21.3 Å². The maximum Gasteiger partial charge on any atom is 0.346 e. The second-order valence-corrected chi connectivity index (χ2v) is 38.6. The minimum absolute atomic E-state index is 0.218. The SMILES string of the molecule is CC(C)C(c1ccc(N)cc1)C(C)C.CC(C)C(c1ccc(N)cc1)C(C)C.CC(C)C(c1ccc(N=C=O)cc1)C(C)C.CC(C)C(c1ccc(NC(=O)Nc2ccc(C(C(C)C)C(C)C)cc2)cc1)C(C)C.CC(C)c1cc(OC=O)c(C(=O)Nc2ccc(C(C(C)C)C(C)C)cc2)cc1C(C)C.CC(C)c1cc2c(cc1C(C)C)C(=O)OC2=O.CO. The molecule has 0 spiro atoms. The molecule has 8 aromatic carbocycles. The number of amides is 3. The minimum Gasteiger partial charge on any atom is -0.428 e. The molecule has 1 heterocycles. The number of carbonyl (C=O) groups excluding carboxylic acids is 6. The predicted molar refractivity (Wildman–Crippen MR) is 524 cm³/mol. The highest BCUT2D eigenvalue weighted by atomic mass is 16.6. The van der Waals surface area contributed by atoms with Crippen molar-refractivity contribution in [3.63, 3.8) is 0 Å². The summed E-state index contributed by atoms with van der Waals surface area (Å²) >= 11 is 0. The lowest BCUT2D eigenvalue weighted by Gasteiger charge is -2.25. The Kier molecular flexibility index (Phi) is 46.0. The monoisotopic (exact) mass is 1700 g/mol. The standard InChI is InChI=1S/C27H40N2O.C27H37NO3.C14H19NO.C14H16O3.2C13H21N.CH4O/c1-17(2)25(18(3)4)21-9-13-23(14-10-21)28-27(30)29-24-15-11-22(12-16-24)26(19(5)6)20(7)8;1-16(2)22-13-24(25(31-15-29)14-23(22)17(3)4)27(30)28-21-11-9-20(10-12-21)26(18(5)6)19(7)8;1-10(2)14(11(3)4)12-5-7-13(8-6-12)15-9-16;1-7(2)9-5-11-12(6-10(9)8(3)4)14(16)17-13(11)15;2*1-9(2)13(10(3)4)11-5-7-12(14)8-6-11;1-2/h9-20,25-26H,1-8H3,(H2,28,29,30);9-19,26H,1-8H3,(H,28,30);5-8,10-11,14H,1-4H3;5-8H,1-4H3;2*5-10,13H,14H2,1-4H3;2H,1H3. The van der Waals surface area contributed by atoms with E-state index in [-0.39, 0.29) is 29.5 Å². The first-order chi connectivity index (χ1) is 58.2. The summed E-state index contributed by atoms with van der Waals surface area (Å²) in [5.74, 6) is 10.8. The zero-order chi connectivity index (χ0) is 94.0. The molecule has 0 bridgehead atoms. The zero-order valence-electron chi connectivity index (χ0n) is 81.8. The van der Waals surface area contributed by atoms with Crippen molar-refractivity contribution in [3.8, 4) is 5.75 Å². The molecule has 0 saturated carbocycles. The van der Waals surface area contributed by atoms with Gasteiger partial charge in [0.15, 0.2) is 0 Å². The number of isocyanates is 1. The van der Waals surface area contributed by atoms with Gasteiger partial charge in [0.25, 0.3) is 12.4 Å². The highest BCUT2D eigenvalue weighted by Crippen LogP contribution is 2.41. The maximum absolute atomic E-state index is 13.1. The van der Waals surface area contributed by atoms with Crippen molar-refractivity contribution in [2.75, 3.05) is 34.5 Å². The van der Waals surface area contributed by atoms with E-state index < -0.39 is 11.9 Å². The first-order valence-electron chi connectivity index (χ1n) is 45.4. The van der Waals surface area contributed by atoms with Crippen LogP contribution in [0, 0.1) is 71.0 Å². The second-order valence-electron chi connectivity index (χ2n) is 38.6. The number of carbonyl (C=O) groups is 5. The summed E-state index contributed by atoms with van der Waals surface area (Å²) in [5.41, 5.74) is 29.7. The molecule has 3 amide bonds. The maximum atomic E-state index is 13.1. The molecule has 8 N–H and O–H groups in total. The first-order valence-corrected chi connectivity index (χ1v) is 45.4. The summed E-state index contributed by atoms with van der Waals surface area (Å²) < 4.78 is 9.81. The number of ether oxygens (including phenoxy) is 2. The molecule has 9 rings (SSSR count). The van der Waals surface area contributed by atoms with Gasteiger partial charge in [0.2, 0.25) is 6.08 Å². The fourth-order valence-corrected chi connectivity index (χ4v) is 18.5. The Morgan fingerprint density at radius 3 is 0.806 bits per heavy atom. The second kappa shape index (κ2) is 52.7. The van der Waals surface area contributed by atoms with Crippen LogP contribution in [0.2, 0.25) is 0 Å². The molecular formula is C109H158N6O9. The number of aliphatic hydroxyl groups is 1. The van der Waals surface area contributed by atoms with E-state index in [1.807, 2.05) is 97.1 Å². The number of nitrogens with one attached hydrogen (secondary N) is 3. The molecular weight excluding hydrogens is 1540 g/mol. The van der Waals surface area contributed by atoms with Crippen LogP contribution in [0.15, 0.2) is 175 Å². The number of hydrogen-bond acceptors (Lipinski definition) is 12. The number of nitrogen functional groups attached to an aromatic ring is 2. The van der Waals surface area contributed by atoms with E-state index in [0.29, 0.717) is 147 Å².